The molecule has 1 rings (SSSR count). The predicted octanol–water partition coefficient (Wildman–Crippen LogP) is -0.0587. The fraction of sp³-hybridized carbons (Fsp3) is 0.385. The van der Waals surface area contributed by atoms with Crippen molar-refractivity contribution in [1.82, 2.24) is 5.32 Å². The van der Waals surface area contributed by atoms with E-state index in [0.717, 1.165) is 5.56 Å². The van der Waals surface area contributed by atoms with Crippen molar-refractivity contribution in [3.05, 3.63) is 29.8 Å². The molecule has 0 saturated heterocycles. The van der Waals surface area contributed by atoms with Gasteiger partial charge in [-0.15, -0.1) is 0 Å². The van der Waals surface area contributed by atoms with E-state index in [9.17, 15) is 14.7 Å². The SMILES string of the molecule is COC(=O)[C@H](Cc1ccc(O)cc1)NC(=O)CCN. The first kappa shape index (κ1) is 15.0. The maximum atomic E-state index is 11.6. The van der Waals surface area contributed by atoms with Gasteiger partial charge in [-0.2, -0.15) is 0 Å². The molecule has 0 saturated carbocycles. The summed E-state index contributed by atoms with van der Waals surface area (Å²) in [6, 6.07) is 5.64. The van der Waals surface area contributed by atoms with Crippen LogP contribution in [-0.4, -0.2) is 36.7 Å². The highest BCUT2D eigenvalue weighted by atomic mass is 16.5. The Labute approximate surface area is 111 Å². The number of ether oxygens (including phenoxy) is 1. The maximum Gasteiger partial charge on any atom is 0.328 e. The molecule has 1 aromatic rings. The highest BCUT2D eigenvalue weighted by Crippen LogP contribution is 2.11. The van der Waals surface area contributed by atoms with Crippen molar-refractivity contribution < 1.29 is 19.4 Å². The third-order valence-electron chi connectivity index (χ3n) is 2.57. The average Bonchev–Trinajstić information content (AvgIpc) is 2.40. The number of rotatable bonds is 6. The molecule has 0 aliphatic carbocycles. The number of hydrogen-bond acceptors (Lipinski definition) is 5. The predicted molar refractivity (Wildman–Crippen MR) is 69.4 cm³/mol. The van der Waals surface area contributed by atoms with Crippen LogP contribution in [0.5, 0.6) is 5.75 Å². The van der Waals surface area contributed by atoms with Gasteiger partial charge >= 0.3 is 5.97 Å². The van der Waals surface area contributed by atoms with Crippen molar-refractivity contribution in [3.8, 4) is 5.75 Å². The van der Waals surface area contributed by atoms with Gasteiger partial charge in [-0.1, -0.05) is 12.1 Å². The van der Waals surface area contributed by atoms with Crippen molar-refractivity contribution in [2.75, 3.05) is 13.7 Å². The minimum absolute atomic E-state index is 0.144. The van der Waals surface area contributed by atoms with E-state index in [1.54, 1.807) is 12.1 Å². The van der Waals surface area contributed by atoms with Crippen molar-refractivity contribution in [2.24, 2.45) is 5.73 Å². The molecule has 0 aliphatic heterocycles. The van der Waals surface area contributed by atoms with E-state index in [-0.39, 0.29) is 24.6 Å². The minimum atomic E-state index is -0.756. The topological polar surface area (TPSA) is 102 Å². The number of carbonyl (C=O) groups excluding carboxylic acids is 2. The summed E-state index contributed by atoms with van der Waals surface area (Å²) >= 11 is 0. The first-order valence-corrected chi connectivity index (χ1v) is 5.92. The largest absolute Gasteiger partial charge is 0.508 e. The number of phenols is 1. The summed E-state index contributed by atoms with van der Waals surface area (Å²) in [6.45, 7) is 0.221. The smallest absolute Gasteiger partial charge is 0.328 e. The monoisotopic (exact) mass is 266 g/mol. The highest BCUT2D eigenvalue weighted by Gasteiger charge is 2.21. The van der Waals surface area contributed by atoms with Crippen LogP contribution in [0.25, 0.3) is 0 Å². The van der Waals surface area contributed by atoms with Crippen molar-refractivity contribution >= 4 is 11.9 Å². The highest BCUT2D eigenvalue weighted by molar-refractivity contribution is 5.84. The first-order chi connectivity index (χ1) is 9.06. The third kappa shape index (κ3) is 4.97. The zero-order valence-corrected chi connectivity index (χ0v) is 10.8. The lowest BCUT2D eigenvalue weighted by molar-refractivity contribution is -0.145. The lowest BCUT2D eigenvalue weighted by Gasteiger charge is -2.16. The average molecular weight is 266 g/mol. The Morgan fingerprint density at radius 1 is 1.37 bits per heavy atom. The third-order valence-corrected chi connectivity index (χ3v) is 2.57. The molecule has 104 valence electrons. The molecule has 6 nitrogen and oxygen atoms in total. The van der Waals surface area contributed by atoms with E-state index in [2.05, 4.69) is 10.1 Å². The summed E-state index contributed by atoms with van der Waals surface area (Å²) in [5.74, 6) is -0.666. The van der Waals surface area contributed by atoms with Crippen molar-refractivity contribution in [2.45, 2.75) is 18.9 Å². The zero-order valence-electron chi connectivity index (χ0n) is 10.8. The number of nitrogens with two attached hydrogens (primary N) is 1. The molecule has 4 N–H and O–H groups in total. The summed E-state index contributed by atoms with van der Waals surface area (Å²) < 4.78 is 4.65. The van der Waals surface area contributed by atoms with Crippen LogP contribution in [0.3, 0.4) is 0 Å². The van der Waals surface area contributed by atoms with Gasteiger partial charge in [0.1, 0.15) is 11.8 Å². The molecule has 6 heteroatoms. The molecule has 1 aromatic carbocycles. The molecular formula is C13H18N2O4. The lowest BCUT2D eigenvalue weighted by Crippen LogP contribution is -2.43. The molecule has 0 unspecified atom stereocenters. The maximum absolute atomic E-state index is 11.6. The molecule has 0 spiro atoms. The van der Waals surface area contributed by atoms with Gasteiger partial charge in [-0.05, 0) is 17.7 Å². The second-order valence-electron chi connectivity index (χ2n) is 4.05. The van der Waals surface area contributed by atoms with Crippen LogP contribution in [0.15, 0.2) is 24.3 Å². The van der Waals surface area contributed by atoms with Gasteiger partial charge in [0.2, 0.25) is 5.91 Å². The standard InChI is InChI=1S/C13H18N2O4/c1-19-13(18)11(15-12(17)6-7-14)8-9-2-4-10(16)5-3-9/h2-5,11,16H,6-8,14H2,1H3,(H,15,17)/t11-/m0/s1. The molecule has 0 bridgehead atoms. The number of amides is 1. The van der Waals surface area contributed by atoms with E-state index in [0.29, 0.717) is 6.42 Å². The molecular weight excluding hydrogens is 248 g/mol. The van der Waals surface area contributed by atoms with Crippen LogP contribution in [-0.2, 0) is 20.7 Å². The van der Waals surface area contributed by atoms with E-state index < -0.39 is 12.0 Å². The number of nitrogens with one attached hydrogen (secondary N) is 1. The van der Waals surface area contributed by atoms with Gasteiger partial charge in [-0.25, -0.2) is 4.79 Å². The molecule has 1 amide bonds. The molecule has 0 radical (unpaired) electrons. The van der Waals surface area contributed by atoms with Crippen LogP contribution >= 0.6 is 0 Å². The molecule has 0 aromatic heterocycles. The van der Waals surface area contributed by atoms with Gasteiger partial charge in [0, 0.05) is 19.4 Å². The van der Waals surface area contributed by atoms with Crippen molar-refractivity contribution in [3.63, 3.8) is 0 Å². The van der Waals surface area contributed by atoms with E-state index in [1.807, 2.05) is 0 Å². The second-order valence-corrected chi connectivity index (χ2v) is 4.05. The van der Waals surface area contributed by atoms with Crippen LogP contribution in [0.1, 0.15) is 12.0 Å². The number of hydrogen-bond donors (Lipinski definition) is 3. The summed E-state index contributed by atoms with van der Waals surface area (Å²) in [4.78, 5) is 23.1. The van der Waals surface area contributed by atoms with Gasteiger partial charge in [0.05, 0.1) is 7.11 Å². The molecule has 0 heterocycles. The molecule has 0 aliphatic rings. The summed E-state index contributed by atoms with van der Waals surface area (Å²) in [5.41, 5.74) is 6.08. The molecule has 1 atom stereocenters. The quantitative estimate of drug-likeness (QED) is 0.626. The van der Waals surface area contributed by atoms with Gasteiger partial charge in [0.15, 0.2) is 0 Å². The Bertz CT molecular complexity index is 431. The van der Waals surface area contributed by atoms with Crippen LogP contribution in [0, 0.1) is 0 Å². The number of esters is 1. The fourth-order valence-corrected chi connectivity index (χ4v) is 1.60. The Hall–Kier alpha value is -2.08. The number of benzene rings is 1. The number of carbonyl (C=O) groups is 2. The van der Waals surface area contributed by atoms with E-state index in [1.165, 1.54) is 19.2 Å². The molecule has 19 heavy (non-hydrogen) atoms. The summed E-state index contributed by atoms with van der Waals surface area (Å²) in [7, 11) is 1.27. The number of aromatic hydroxyl groups is 1. The summed E-state index contributed by atoms with van der Waals surface area (Å²) in [5, 5.41) is 11.8. The summed E-state index contributed by atoms with van der Waals surface area (Å²) in [6.07, 6.45) is 0.451. The van der Waals surface area contributed by atoms with Crippen LogP contribution in [0.2, 0.25) is 0 Å². The fourth-order valence-electron chi connectivity index (χ4n) is 1.60. The van der Waals surface area contributed by atoms with Gasteiger partial charge < -0.3 is 20.9 Å². The number of methoxy groups -OCH3 is 1. The van der Waals surface area contributed by atoms with Crippen LogP contribution < -0.4 is 11.1 Å². The minimum Gasteiger partial charge on any atom is -0.508 e. The van der Waals surface area contributed by atoms with Gasteiger partial charge in [-0.3, -0.25) is 4.79 Å². The zero-order chi connectivity index (χ0) is 14.3. The Morgan fingerprint density at radius 3 is 2.53 bits per heavy atom. The van der Waals surface area contributed by atoms with E-state index >= 15 is 0 Å². The Balaban J connectivity index is 2.71. The van der Waals surface area contributed by atoms with Crippen LogP contribution in [0.4, 0.5) is 0 Å². The lowest BCUT2D eigenvalue weighted by atomic mass is 10.1. The van der Waals surface area contributed by atoms with Gasteiger partial charge in [0.25, 0.3) is 0 Å². The van der Waals surface area contributed by atoms with Crippen molar-refractivity contribution in [1.29, 1.82) is 0 Å². The van der Waals surface area contributed by atoms with E-state index in [4.69, 9.17) is 5.73 Å². The normalized spacial score (nSPS) is 11.7. The second kappa shape index (κ2) is 7.38. The Morgan fingerprint density at radius 2 is 2.00 bits per heavy atom. The molecule has 0 fully saturated rings. The number of phenolic OH excluding ortho intramolecular Hbond substituents is 1. The first-order valence-electron chi connectivity index (χ1n) is 5.92. The Kier molecular flexibility index (Phi) is 5.81.